The molecule has 0 aliphatic rings. The van der Waals surface area contributed by atoms with Gasteiger partial charge in [-0.15, -0.1) is 0 Å². The van der Waals surface area contributed by atoms with E-state index in [0.29, 0.717) is 44.3 Å². The first-order valence-electron chi connectivity index (χ1n) is 31.8. The number of aliphatic hydroxyl groups is 1. The number of aliphatic hydroxyl groups excluding tert-OH is 1. The molecule has 0 saturated carbocycles. The highest BCUT2D eigenvalue weighted by Gasteiger charge is 2.16. The second-order valence-corrected chi connectivity index (χ2v) is 22.4. The standard InChI is InChI=1S/C63H125N3O6/c1-7-12-17-22-25-31-44-59(42-29-20-15-10-4)57-71-62(69)47-34-27-36-50-65(55-54-64(6)49-38-39-52-66(53-40-41-56-67)61(68)46-33-24-19-14-9-3)51-37-28-35-48-63(70)72-58-60(43-30-21-16-11-5)45-32-26-23-18-13-8-2/h59-60,67H,7-58H2,1-6H3. The van der Waals surface area contributed by atoms with Crippen molar-refractivity contribution in [2.45, 2.75) is 304 Å². The quantitative estimate of drug-likeness (QED) is 0.0475. The molecular formula is C63H125N3O6. The molecular weight excluding hydrogens is 895 g/mol. The average Bonchev–Trinajstić information content (AvgIpc) is 3.38. The fraction of sp³-hybridized carbons (Fsp3) is 0.952. The molecule has 0 radical (unpaired) electrons. The lowest BCUT2D eigenvalue weighted by Crippen LogP contribution is -2.36. The van der Waals surface area contributed by atoms with Crippen LogP contribution in [0, 0.1) is 11.8 Å². The Morgan fingerprint density at radius 2 is 0.694 bits per heavy atom. The lowest BCUT2D eigenvalue weighted by Gasteiger charge is -2.26. The van der Waals surface area contributed by atoms with Gasteiger partial charge in [-0.25, -0.2) is 0 Å². The van der Waals surface area contributed by atoms with Crippen LogP contribution in [0.4, 0.5) is 0 Å². The van der Waals surface area contributed by atoms with Crippen LogP contribution in [0.3, 0.4) is 0 Å². The first kappa shape index (κ1) is 70.3. The minimum Gasteiger partial charge on any atom is -0.465 e. The molecule has 0 bridgehead atoms. The van der Waals surface area contributed by atoms with E-state index in [1.54, 1.807) is 0 Å². The van der Waals surface area contributed by atoms with E-state index in [9.17, 15) is 19.5 Å². The summed E-state index contributed by atoms with van der Waals surface area (Å²) in [6, 6.07) is 0. The van der Waals surface area contributed by atoms with E-state index in [2.05, 4.69) is 56.4 Å². The summed E-state index contributed by atoms with van der Waals surface area (Å²) in [7, 11) is 2.22. The summed E-state index contributed by atoms with van der Waals surface area (Å²) in [4.78, 5) is 46.1. The van der Waals surface area contributed by atoms with Crippen molar-refractivity contribution in [3.8, 4) is 0 Å². The molecule has 0 aromatic rings. The molecule has 72 heavy (non-hydrogen) atoms. The van der Waals surface area contributed by atoms with Crippen molar-refractivity contribution < 1.29 is 29.0 Å². The Labute approximate surface area is 448 Å². The second kappa shape index (κ2) is 55.5. The Morgan fingerprint density at radius 3 is 1.12 bits per heavy atom. The van der Waals surface area contributed by atoms with Crippen LogP contribution in [0.1, 0.15) is 304 Å². The van der Waals surface area contributed by atoms with Gasteiger partial charge in [0, 0.05) is 52.0 Å². The van der Waals surface area contributed by atoms with Gasteiger partial charge < -0.3 is 29.3 Å². The molecule has 428 valence electrons. The Bertz CT molecular complexity index is 1100. The van der Waals surface area contributed by atoms with Gasteiger partial charge in [0.05, 0.1) is 13.2 Å². The van der Waals surface area contributed by atoms with Gasteiger partial charge in [-0.1, -0.05) is 202 Å². The molecule has 1 amide bonds. The monoisotopic (exact) mass is 1020 g/mol. The van der Waals surface area contributed by atoms with Gasteiger partial charge in [-0.2, -0.15) is 0 Å². The van der Waals surface area contributed by atoms with E-state index in [0.717, 1.165) is 123 Å². The predicted octanol–water partition coefficient (Wildman–Crippen LogP) is 16.8. The fourth-order valence-corrected chi connectivity index (χ4v) is 10.2. The number of unbranched alkanes of at least 4 members (excludes halogenated alkanes) is 26. The Balaban J connectivity index is 5.15. The van der Waals surface area contributed by atoms with E-state index in [4.69, 9.17) is 9.47 Å². The van der Waals surface area contributed by atoms with Crippen LogP contribution < -0.4 is 0 Å². The number of ether oxygens (including phenoxy) is 2. The molecule has 9 nitrogen and oxygen atoms in total. The van der Waals surface area contributed by atoms with E-state index in [-0.39, 0.29) is 24.5 Å². The number of esters is 2. The highest BCUT2D eigenvalue weighted by atomic mass is 16.5. The third-order valence-corrected chi connectivity index (χ3v) is 15.2. The van der Waals surface area contributed by atoms with Crippen LogP contribution in [0.2, 0.25) is 0 Å². The molecule has 2 unspecified atom stereocenters. The molecule has 0 heterocycles. The van der Waals surface area contributed by atoms with Crippen molar-refractivity contribution in [2.24, 2.45) is 11.8 Å². The molecule has 1 N–H and O–H groups in total. The van der Waals surface area contributed by atoms with Gasteiger partial charge in [-0.05, 0) is 122 Å². The third kappa shape index (κ3) is 48.0. The van der Waals surface area contributed by atoms with Crippen molar-refractivity contribution in [2.75, 3.05) is 72.7 Å². The molecule has 0 rings (SSSR count). The maximum atomic E-state index is 13.1. The lowest BCUT2D eigenvalue weighted by atomic mass is 9.95. The van der Waals surface area contributed by atoms with E-state index in [1.165, 1.54) is 173 Å². The number of likely N-dealkylation sites (N-methyl/N-ethyl adjacent to an activating group) is 1. The van der Waals surface area contributed by atoms with Crippen LogP contribution in [-0.2, 0) is 23.9 Å². The number of rotatable bonds is 58. The minimum absolute atomic E-state index is 0.0196. The average molecular weight is 1020 g/mol. The zero-order valence-electron chi connectivity index (χ0n) is 49.3. The Kier molecular flexibility index (Phi) is 54.2. The molecule has 2 atom stereocenters. The van der Waals surface area contributed by atoms with Gasteiger partial charge in [0.1, 0.15) is 0 Å². The zero-order valence-corrected chi connectivity index (χ0v) is 49.3. The molecule has 0 aromatic carbocycles. The van der Waals surface area contributed by atoms with Gasteiger partial charge in [0.25, 0.3) is 0 Å². The Hall–Kier alpha value is -1.71. The minimum atomic E-state index is -0.0196. The van der Waals surface area contributed by atoms with Crippen LogP contribution in [-0.4, -0.2) is 110 Å². The number of hydrogen-bond donors (Lipinski definition) is 1. The normalized spacial score (nSPS) is 12.5. The lowest BCUT2D eigenvalue weighted by molar-refractivity contribution is -0.146. The van der Waals surface area contributed by atoms with Crippen molar-refractivity contribution in [3.63, 3.8) is 0 Å². The number of carbonyl (C=O) groups is 3. The van der Waals surface area contributed by atoms with Crippen LogP contribution in [0.5, 0.6) is 0 Å². The number of nitrogens with zero attached hydrogens (tertiary/aromatic N) is 3. The van der Waals surface area contributed by atoms with Gasteiger partial charge in [-0.3, -0.25) is 14.4 Å². The SMILES string of the molecule is CCCCCCCCC(CCCCCC)COC(=O)CCCCCN(CCCCCC(=O)OCC(CCCCCC)CCCCCCCC)CCN(C)CCCCN(CCCCO)C(=O)CCCCCCC. The van der Waals surface area contributed by atoms with Crippen molar-refractivity contribution in [1.29, 1.82) is 0 Å². The van der Waals surface area contributed by atoms with E-state index >= 15 is 0 Å². The third-order valence-electron chi connectivity index (χ3n) is 15.2. The maximum absolute atomic E-state index is 13.1. The molecule has 0 fully saturated rings. The van der Waals surface area contributed by atoms with Crippen LogP contribution >= 0.6 is 0 Å². The van der Waals surface area contributed by atoms with Gasteiger partial charge >= 0.3 is 11.9 Å². The van der Waals surface area contributed by atoms with Crippen molar-refractivity contribution >= 4 is 17.8 Å². The highest BCUT2D eigenvalue weighted by molar-refractivity contribution is 5.76. The molecule has 0 spiro atoms. The summed E-state index contributed by atoms with van der Waals surface area (Å²) >= 11 is 0. The van der Waals surface area contributed by atoms with Crippen molar-refractivity contribution in [3.05, 3.63) is 0 Å². The Morgan fingerprint density at radius 1 is 0.361 bits per heavy atom. The number of hydrogen-bond acceptors (Lipinski definition) is 8. The maximum Gasteiger partial charge on any atom is 0.305 e. The molecule has 9 heteroatoms. The topological polar surface area (TPSA) is 99.6 Å². The molecule has 0 aromatic heterocycles. The second-order valence-electron chi connectivity index (χ2n) is 22.4. The smallest absolute Gasteiger partial charge is 0.305 e. The van der Waals surface area contributed by atoms with Crippen molar-refractivity contribution in [1.82, 2.24) is 14.7 Å². The summed E-state index contributed by atoms with van der Waals surface area (Å²) in [5, 5.41) is 9.35. The highest BCUT2D eigenvalue weighted by Crippen LogP contribution is 2.22. The predicted molar refractivity (Wildman–Crippen MR) is 309 cm³/mol. The first-order chi connectivity index (χ1) is 35.2. The summed E-state index contributed by atoms with van der Waals surface area (Å²) in [5.41, 5.74) is 0. The molecule has 0 aliphatic heterocycles. The summed E-state index contributed by atoms with van der Waals surface area (Å²) in [6.07, 6.45) is 47.6. The largest absolute Gasteiger partial charge is 0.465 e. The molecule has 0 saturated heterocycles. The number of carbonyl (C=O) groups excluding carboxylic acids is 3. The summed E-state index contributed by atoms with van der Waals surface area (Å²) < 4.78 is 11.8. The van der Waals surface area contributed by atoms with Gasteiger partial charge in [0.2, 0.25) is 5.91 Å². The fourth-order valence-electron chi connectivity index (χ4n) is 10.2. The number of amides is 1. The van der Waals surface area contributed by atoms with E-state index in [1.807, 2.05) is 0 Å². The summed E-state index contributed by atoms with van der Waals surface area (Å²) in [6.45, 7) is 19.3. The molecule has 0 aliphatic carbocycles. The van der Waals surface area contributed by atoms with Crippen LogP contribution in [0.25, 0.3) is 0 Å². The van der Waals surface area contributed by atoms with Crippen LogP contribution in [0.15, 0.2) is 0 Å². The summed E-state index contributed by atoms with van der Waals surface area (Å²) in [5.74, 6) is 1.25. The zero-order chi connectivity index (χ0) is 52.8. The van der Waals surface area contributed by atoms with Gasteiger partial charge in [0.15, 0.2) is 0 Å². The first-order valence-corrected chi connectivity index (χ1v) is 31.8. The van der Waals surface area contributed by atoms with E-state index < -0.39 is 0 Å².